The Morgan fingerprint density at radius 2 is 2.16 bits per heavy atom. The number of aryl methyl sites for hydroxylation is 1. The Hall–Kier alpha value is -1.38. The molecule has 0 saturated heterocycles. The van der Waals surface area contributed by atoms with Crippen molar-refractivity contribution in [2.24, 2.45) is 0 Å². The van der Waals surface area contributed by atoms with Gasteiger partial charge in [-0.3, -0.25) is 4.79 Å². The van der Waals surface area contributed by atoms with E-state index in [2.05, 4.69) is 33.9 Å². The number of ketones is 1. The number of hydrogen-bond acceptors (Lipinski definition) is 7. The molecule has 0 aliphatic carbocycles. The highest BCUT2D eigenvalue weighted by molar-refractivity contribution is 8.01. The predicted molar refractivity (Wildman–Crippen MR) is 104 cm³/mol. The number of hydrogen-bond donors (Lipinski definition) is 1. The van der Waals surface area contributed by atoms with Crippen LogP contribution in [0.4, 0.5) is 5.13 Å². The number of aromatic nitrogens is 3. The van der Waals surface area contributed by atoms with Crippen LogP contribution < -0.4 is 5.32 Å². The van der Waals surface area contributed by atoms with Crippen LogP contribution >= 0.6 is 23.1 Å². The number of nitrogens with one attached hydrogen (secondary N) is 1. The molecule has 138 valence electrons. The van der Waals surface area contributed by atoms with E-state index < -0.39 is 0 Å². The van der Waals surface area contributed by atoms with Gasteiger partial charge in [-0.1, -0.05) is 23.1 Å². The summed E-state index contributed by atoms with van der Waals surface area (Å²) < 4.78 is 8.11. The molecule has 2 aromatic heterocycles. The first kappa shape index (κ1) is 19.9. The number of carbonyl (C=O) groups is 1. The fraction of sp³-hybridized carbons (Fsp3) is 0.588. The number of nitrogens with zero attached hydrogens (tertiary/aromatic N) is 3. The second-order valence-electron chi connectivity index (χ2n) is 6.17. The molecule has 6 nitrogen and oxygen atoms in total. The van der Waals surface area contributed by atoms with Gasteiger partial charge in [0.25, 0.3) is 0 Å². The van der Waals surface area contributed by atoms with Gasteiger partial charge in [0.15, 0.2) is 10.1 Å². The third-order valence-electron chi connectivity index (χ3n) is 3.75. The lowest BCUT2D eigenvalue weighted by Gasteiger charge is -2.09. The van der Waals surface area contributed by atoms with Crippen molar-refractivity contribution in [2.75, 3.05) is 24.8 Å². The Kier molecular flexibility index (Phi) is 7.46. The van der Waals surface area contributed by atoms with Crippen LogP contribution in [0, 0.1) is 13.8 Å². The zero-order valence-corrected chi connectivity index (χ0v) is 17.1. The first-order chi connectivity index (χ1) is 11.9. The number of Topliss-reactive ketones (excluding diaryl/α,β-unsaturated/α-hetero) is 1. The zero-order chi connectivity index (χ0) is 18.4. The van der Waals surface area contributed by atoms with E-state index in [1.165, 1.54) is 23.1 Å². The monoisotopic (exact) mass is 382 g/mol. The van der Waals surface area contributed by atoms with E-state index in [1.54, 1.807) is 7.11 Å². The van der Waals surface area contributed by atoms with Gasteiger partial charge in [0, 0.05) is 43.3 Å². The van der Waals surface area contributed by atoms with Crippen molar-refractivity contribution < 1.29 is 9.53 Å². The third-order valence-corrected chi connectivity index (χ3v) is 5.74. The average molecular weight is 383 g/mol. The third kappa shape index (κ3) is 5.55. The average Bonchev–Trinajstić information content (AvgIpc) is 3.11. The molecular weight excluding hydrogens is 356 g/mol. The van der Waals surface area contributed by atoms with E-state index >= 15 is 0 Å². The molecule has 2 rings (SSSR count). The van der Waals surface area contributed by atoms with Crippen molar-refractivity contribution in [1.82, 2.24) is 14.8 Å². The number of rotatable bonds is 10. The van der Waals surface area contributed by atoms with Crippen molar-refractivity contribution in [3.63, 3.8) is 0 Å². The van der Waals surface area contributed by atoms with Gasteiger partial charge in [0.2, 0.25) is 5.13 Å². The molecule has 0 aromatic carbocycles. The highest BCUT2D eigenvalue weighted by atomic mass is 32.2. The minimum absolute atomic E-state index is 0.129. The number of anilines is 1. The second kappa shape index (κ2) is 9.35. The maximum atomic E-state index is 12.6. The van der Waals surface area contributed by atoms with Gasteiger partial charge in [0.05, 0.1) is 5.75 Å². The molecule has 0 aliphatic rings. The topological polar surface area (TPSA) is 69.0 Å². The van der Waals surface area contributed by atoms with Crippen LogP contribution in [0.3, 0.4) is 0 Å². The highest BCUT2D eigenvalue weighted by Crippen LogP contribution is 2.27. The first-order valence-electron chi connectivity index (χ1n) is 8.34. The molecule has 0 saturated carbocycles. The number of thioether (sulfide) groups is 1. The highest BCUT2D eigenvalue weighted by Gasteiger charge is 2.17. The summed E-state index contributed by atoms with van der Waals surface area (Å²) in [6.45, 7) is 9.75. The summed E-state index contributed by atoms with van der Waals surface area (Å²) in [5.41, 5.74) is 2.94. The molecule has 2 aromatic rings. The van der Waals surface area contributed by atoms with E-state index in [0.717, 1.165) is 46.0 Å². The SMILES string of the molecule is COCCCn1c(C)cc(C(=O)CSc2nnc(NC(C)C)s2)c1C. The van der Waals surface area contributed by atoms with E-state index in [0.29, 0.717) is 11.8 Å². The van der Waals surface area contributed by atoms with Crippen LogP contribution in [0.1, 0.15) is 42.0 Å². The Bertz CT molecular complexity index is 710. The Morgan fingerprint density at radius 1 is 1.40 bits per heavy atom. The van der Waals surface area contributed by atoms with Crippen LogP contribution in [-0.4, -0.2) is 46.1 Å². The quantitative estimate of drug-likeness (QED) is 0.383. The van der Waals surface area contributed by atoms with E-state index in [9.17, 15) is 4.79 Å². The molecule has 0 bridgehead atoms. The van der Waals surface area contributed by atoms with Crippen LogP contribution in [0.15, 0.2) is 10.4 Å². The number of methoxy groups -OCH3 is 1. The summed E-state index contributed by atoms with van der Waals surface area (Å²) in [5.74, 6) is 0.503. The smallest absolute Gasteiger partial charge is 0.206 e. The molecule has 0 aliphatic heterocycles. The summed E-state index contributed by atoms with van der Waals surface area (Å²) in [5, 5.41) is 12.2. The van der Waals surface area contributed by atoms with E-state index in [-0.39, 0.29) is 5.78 Å². The van der Waals surface area contributed by atoms with Crippen molar-refractivity contribution in [3.8, 4) is 0 Å². The molecule has 0 atom stereocenters. The van der Waals surface area contributed by atoms with Crippen LogP contribution in [-0.2, 0) is 11.3 Å². The first-order valence-corrected chi connectivity index (χ1v) is 10.1. The molecule has 0 unspecified atom stereocenters. The summed E-state index contributed by atoms with van der Waals surface area (Å²) in [4.78, 5) is 12.6. The predicted octanol–water partition coefficient (Wildman–Crippen LogP) is 3.79. The van der Waals surface area contributed by atoms with Gasteiger partial charge in [-0.2, -0.15) is 0 Å². The fourth-order valence-corrected chi connectivity index (χ4v) is 4.35. The van der Waals surface area contributed by atoms with Gasteiger partial charge in [0.1, 0.15) is 0 Å². The molecule has 8 heteroatoms. The van der Waals surface area contributed by atoms with Gasteiger partial charge in [-0.05, 0) is 40.2 Å². The molecule has 2 heterocycles. The number of carbonyl (C=O) groups excluding carboxylic acids is 1. The summed E-state index contributed by atoms with van der Waals surface area (Å²) >= 11 is 2.93. The maximum Gasteiger partial charge on any atom is 0.206 e. The molecule has 0 amide bonds. The van der Waals surface area contributed by atoms with Crippen LogP contribution in [0.5, 0.6) is 0 Å². The van der Waals surface area contributed by atoms with Crippen molar-refractivity contribution in [2.45, 2.75) is 51.0 Å². The summed E-state index contributed by atoms with van der Waals surface area (Å²) in [6, 6.07) is 2.30. The van der Waals surface area contributed by atoms with Crippen LogP contribution in [0.2, 0.25) is 0 Å². The van der Waals surface area contributed by atoms with Gasteiger partial charge in [-0.15, -0.1) is 10.2 Å². The van der Waals surface area contributed by atoms with Crippen molar-refractivity contribution in [1.29, 1.82) is 0 Å². The molecule has 0 radical (unpaired) electrons. The summed E-state index contributed by atoms with van der Waals surface area (Å²) in [7, 11) is 1.71. The number of ether oxygens (including phenoxy) is 1. The maximum absolute atomic E-state index is 12.6. The normalized spacial score (nSPS) is 11.3. The van der Waals surface area contributed by atoms with Gasteiger partial charge in [-0.25, -0.2) is 0 Å². The van der Waals surface area contributed by atoms with Gasteiger partial charge < -0.3 is 14.6 Å². The Balaban J connectivity index is 1.96. The lowest BCUT2D eigenvalue weighted by molar-refractivity contribution is 0.102. The fourth-order valence-electron chi connectivity index (χ4n) is 2.57. The van der Waals surface area contributed by atoms with Gasteiger partial charge >= 0.3 is 0 Å². The second-order valence-corrected chi connectivity index (χ2v) is 8.37. The van der Waals surface area contributed by atoms with Crippen molar-refractivity contribution in [3.05, 3.63) is 23.0 Å². The van der Waals surface area contributed by atoms with E-state index in [1.807, 2.05) is 19.9 Å². The van der Waals surface area contributed by atoms with Crippen LogP contribution in [0.25, 0.3) is 0 Å². The minimum Gasteiger partial charge on any atom is -0.385 e. The molecule has 25 heavy (non-hydrogen) atoms. The van der Waals surface area contributed by atoms with Crippen molar-refractivity contribution >= 4 is 34.0 Å². The van der Waals surface area contributed by atoms with E-state index in [4.69, 9.17) is 4.74 Å². The molecular formula is C17H26N4O2S2. The Labute approximate surface area is 157 Å². The minimum atomic E-state index is 0.129. The molecule has 0 spiro atoms. The lowest BCUT2D eigenvalue weighted by Crippen LogP contribution is -2.08. The molecule has 1 N–H and O–H groups in total. The summed E-state index contributed by atoms with van der Waals surface area (Å²) in [6.07, 6.45) is 0.936. The molecule has 0 fully saturated rings. The lowest BCUT2D eigenvalue weighted by atomic mass is 10.2. The standard InChI is InChI=1S/C17H26N4O2S2/c1-11(2)18-16-19-20-17(25-16)24-10-15(22)14-9-12(3)21(13(14)4)7-6-8-23-5/h9,11H,6-8,10H2,1-5H3,(H,18,19). The Morgan fingerprint density at radius 3 is 2.84 bits per heavy atom. The zero-order valence-electron chi connectivity index (χ0n) is 15.5. The largest absolute Gasteiger partial charge is 0.385 e.